The molecule has 1 fully saturated rings. The molecule has 0 aliphatic carbocycles. The summed E-state index contributed by atoms with van der Waals surface area (Å²) in [4.78, 5) is 10.9. The maximum Gasteiger partial charge on any atom is 0.240 e. The summed E-state index contributed by atoms with van der Waals surface area (Å²) in [6.45, 7) is 4.60. The van der Waals surface area contributed by atoms with E-state index in [0.717, 1.165) is 31.7 Å². The lowest BCUT2D eigenvalue weighted by Gasteiger charge is -2.32. The van der Waals surface area contributed by atoms with Gasteiger partial charge in [0, 0.05) is 32.0 Å². The van der Waals surface area contributed by atoms with E-state index in [-0.39, 0.29) is 4.90 Å². The van der Waals surface area contributed by atoms with Gasteiger partial charge in [-0.3, -0.25) is 4.98 Å². The number of piperidine rings is 1. The number of nitrogens with one attached hydrogen (secondary N) is 1. The summed E-state index contributed by atoms with van der Waals surface area (Å²) in [6, 6.07) is 6.50. The molecule has 0 saturated carbocycles. The summed E-state index contributed by atoms with van der Waals surface area (Å²) in [5.41, 5.74) is 0. The molecule has 1 N–H and O–H groups in total. The molecule has 140 valence electrons. The Kier molecular flexibility index (Phi) is 6.05. The molecule has 1 aliphatic rings. The Bertz CT molecular complexity index is 789. The van der Waals surface area contributed by atoms with Crippen LogP contribution in [-0.4, -0.2) is 44.6 Å². The molecule has 0 amide bonds. The number of rotatable bonds is 7. The largest absolute Gasteiger partial charge is 0.494 e. The van der Waals surface area contributed by atoms with Gasteiger partial charge in [0.2, 0.25) is 10.0 Å². The van der Waals surface area contributed by atoms with E-state index >= 15 is 0 Å². The number of sulfonamides is 1. The van der Waals surface area contributed by atoms with Gasteiger partial charge in [-0.25, -0.2) is 18.1 Å². The third-order valence-corrected chi connectivity index (χ3v) is 5.93. The molecule has 1 aromatic carbocycles. The van der Waals surface area contributed by atoms with Crippen LogP contribution in [0.15, 0.2) is 47.8 Å². The van der Waals surface area contributed by atoms with Crippen molar-refractivity contribution in [1.29, 1.82) is 0 Å². The van der Waals surface area contributed by atoms with Crippen LogP contribution in [-0.2, 0) is 10.0 Å². The highest BCUT2D eigenvalue weighted by molar-refractivity contribution is 7.89. The van der Waals surface area contributed by atoms with Gasteiger partial charge in [-0.1, -0.05) is 0 Å². The van der Waals surface area contributed by atoms with Crippen molar-refractivity contribution in [3.63, 3.8) is 0 Å². The molecule has 0 unspecified atom stereocenters. The van der Waals surface area contributed by atoms with Gasteiger partial charge in [-0.05, 0) is 49.9 Å². The molecule has 0 bridgehead atoms. The first kappa shape index (κ1) is 18.6. The third-order valence-electron chi connectivity index (χ3n) is 4.50. The van der Waals surface area contributed by atoms with E-state index in [0.29, 0.717) is 24.8 Å². The summed E-state index contributed by atoms with van der Waals surface area (Å²) in [5, 5.41) is 0. The number of ether oxygens (including phenoxy) is 1. The van der Waals surface area contributed by atoms with Crippen molar-refractivity contribution in [3.8, 4) is 5.75 Å². The molecule has 3 rings (SSSR count). The van der Waals surface area contributed by atoms with Crippen molar-refractivity contribution in [3.05, 3.63) is 42.9 Å². The van der Waals surface area contributed by atoms with Gasteiger partial charge in [0.05, 0.1) is 17.7 Å². The number of anilines is 1. The number of benzene rings is 1. The van der Waals surface area contributed by atoms with Crippen LogP contribution in [0.3, 0.4) is 0 Å². The van der Waals surface area contributed by atoms with Crippen LogP contribution in [0.4, 0.5) is 5.82 Å². The Morgan fingerprint density at radius 1 is 1.19 bits per heavy atom. The number of nitrogens with zero attached hydrogens (tertiary/aromatic N) is 3. The molecular formula is C18H24N4O3S. The smallest absolute Gasteiger partial charge is 0.240 e. The molecule has 1 saturated heterocycles. The van der Waals surface area contributed by atoms with Crippen LogP contribution in [0, 0.1) is 5.92 Å². The lowest BCUT2D eigenvalue weighted by Crippen LogP contribution is -2.39. The van der Waals surface area contributed by atoms with Crippen molar-refractivity contribution in [2.75, 3.05) is 31.1 Å². The Balaban J connectivity index is 1.51. The van der Waals surface area contributed by atoms with Crippen LogP contribution in [0.25, 0.3) is 0 Å². The van der Waals surface area contributed by atoms with Gasteiger partial charge >= 0.3 is 0 Å². The van der Waals surface area contributed by atoms with Gasteiger partial charge in [0.25, 0.3) is 0 Å². The van der Waals surface area contributed by atoms with E-state index in [4.69, 9.17) is 4.74 Å². The predicted molar refractivity (Wildman–Crippen MR) is 99.8 cm³/mol. The first-order valence-corrected chi connectivity index (χ1v) is 10.3. The Morgan fingerprint density at radius 3 is 2.54 bits per heavy atom. The van der Waals surface area contributed by atoms with Crippen molar-refractivity contribution in [2.24, 2.45) is 5.92 Å². The standard InChI is InChI=1S/C18H24N4O3S/c1-2-25-16-3-5-17(6-4-16)26(23,24)21-13-15-7-11-22(12-8-15)18-14-19-9-10-20-18/h3-6,9-10,14-15,21H,2,7-8,11-13H2,1H3. The quantitative estimate of drug-likeness (QED) is 0.796. The normalized spacial score (nSPS) is 15.8. The van der Waals surface area contributed by atoms with Crippen LogP contribution in [0.2, 0.25) is 0 Å². The molecule has 8 heteroatoms. The minimum atomic E-state index is -3.50. The number of aromatic nitrogens is 2. The second-order valence-corrected chi connectivity index (χ2v) is 8.02. The fourth-order valence-corrected chi connectivity index (χ4v) is 4.13. The Labute approximate surface area is 154 Å². The molecule has 26 heavy (non-hydrogen) atoms. The molecule has 0 atom stereocenters. The average Bonchev–Trinajstić information content (AvgIpc) is 2.68. The highest BCUT2D eigenvalue weighted by Crippen LogP contribution is 2.21. The van der Waals surface area contributed by atoms with Crippen LogP contribution in [0.5, 0.6) is 5.75 Å². The van der Waals surface area contributed by atoms with E-state index in [1.165, 1.54) is 0 Å². The van der Waals surface area contributed by atoms with Crippen LogP contribution >= 0.6 is 0 Å². The predicted octanol–water partition coefficient (Wildman–Crippen LogP) is 2.07. The summed E-state index contributed by atoms with van der Waals surface area (Å²) < 4.78 is 33.0. The van der Waals surface area contributed by atoms with Gasteiger partial charge in [0.15, 0.2) is 0 Å². The fourth-order valence-electron chi connectivity index (χ4n) is 3.01. The zero-order valence-electron chi connectivity index (χ0n) is 14.8. The molecule has 1 aromatic heterocycles. The maximum absolute atomic E-state index is 12.4. The van der Waals surface area contributed by atoms with E-state index in [1.54, 1.807) is 42.9 Å². The zero-order chi connectivity index (χ0) is 18.4. The van der Waals surface area contributed by atoms with Crippen molar-refractivity contribution < 1.29 is 13.2 Å². The summed E-state index contributed by atoms with van der Waals surface area (Å²) in [5.74, 6) is 1.86. The number of hydrogen-bond acceptors (Lipinski definition) is 6. The molecule has 2 heterocycles. The third kappa shape index (κ3) is 4.70. The Hall–Kier alpha value is -2.19. The van der Waals surface area contributed by atoms with Crippen LogP contribution < -0.4 is 14.4 Å². The highest BCUT2D eigenvalue weighted by Gasteiger charge is 2.22. The van der Waals surface area contributed by atoms with E-state index in [9.17, 15) is 8.42 Å². The van der Waals surface area contributed by atoms with Gasteiger partial charge in [0.1, 0.15) is 11.6 Å². The average molecular weight is 376 g/mol. The van der Waals surface area contributed by atoms with Gasteiger partial charge < -0.3 is 9.64 Å². The molecule has 2 aromatic rings. The summed E-state index contributed by atoms with van der Waals surface area (Å²) in [7, 11) is -3.50. The minimum absolute atomic E-state index is 0.262. The van der Waals surface area contributed by atoms with E-state index in [1.807, 2.05) is 6.92 Å². The Morgan fingerprint density at radius 2 is 1.92 bits per heavy atom. The SMILES string of the molecule is CCOc1ccc(S(=O)(=O)NCC2CCN(c3cnccn3)CC2)cc1. The molecule has 1 aliphatic heterocycles. The molecular weight excluding hydrogens is 352 g/mol. The lowest BCUT2D eigenvalue weighted by molar-refractivity contribution is 0.340. The maximum atomic E-state index is 12.4. The van der Waals surface area contributed by atoms with Crippen molar-refractivity contribution in [1.82, 2.24) is 14.7 Å². The second-order valence-electron chi connectivity index (χ2n) is 6.25. The van der Waals surface area contributed by atoms with Crippen LogP contribution in [0.1, 0.15) is 19.8 Å². The first-order chi connectivity index (χ1) is 12.6. The fraction of sp³-hybridized carbons (Fsp3) is 0.444. The van der Waals surface area contributed by atoms with Gasteiger partial charge in [-0.15, -0.1) is 0 Å². The second kappa shape index (κ2) is 8.46. The minimum Gasteiger partial charge on any atom is -0.494 e. The molecule has 0 spiro atoms. The van der Waals surface area contributed by atoms with Crippen molar-refractivity contribution >= 4 is 15.8 Å². The molecule has 7 nitrogen and oxygen atoms in total. The highest BCUT2D eigenvalue weighted by atomic mass is 32.2. The first-order valence-electron chi connectivity index (χ1n) is 8.82. The van der Waals surface area contributed by atoms with E-state index < -0.39 is 10.0 Å². The molecule has 0 radical (unpaired) electrons. The van der Waals surface area contributed by atoms with Crippen molar-refractivity contribution in [2.45, 2.75) is 24.7 Å². The zero-order valence-corrected chi connectivity index (χ0v) is 15.7. The summed E-state index contributed by atoms with van der Waals surface area (Å²) in [6.07, 6.45) is 6.94. The summed E-state index contributed by atoms with van der Waals surface area (Å²) >= 11 is 0. The number of hydrogen-bond donors (Lipinski definition) is 1. The van der Waals surface area contributed by atoms with Gasteiger partial charge in [-0.2, -0.15) is 0 Å². The van der Waals surface area contributed by atoms with E-state index in [2.05, 4.69) is 19.6 Å². The topological polar surface area (TPSA) is 84.4 Å². The monoisotopic (exact) mass is 376 g/mol. The lowest BCUT2D eigenvalue weighted by atomic mass is 9.97.